The zero-order valence-corrected chi connectivity index (χ0v) is 4.84. The summed E-state index contributed by atoms with van der Waals surface area (Å²) in [4.78, 5) is 0. The summed E-state index contributed by atoms with van der Waals surface area (Å²) in [6.07, 6.45) is 5.80. The van der Waals surface area contributed by atoms with Crippen LogP contribution in [0.15, 0.2) is 12.2 Å². The Bertz CT molecular complexity index is 118. The Morgan fingerprint density at radius 3 is 3.50 bits per heavy atom. The first-order valence-electron chi connectivity index (χ1n) is 3.21. The fourth-order valence-corrected chi connectivity index (χ4v) is 1.22. The molecule has 1 saturated carbocycles. The van der Waals surface area contributed by atoms with E-state index in [0.717, 1.165) is 25.0 Å². The first-order chi connectivity index (χ1) is 3.97. The summed E-state index contributed by atoms with van der Waals surface area (Å²) >= 11 is 0. The minimum Gasteiger partial charge on any atom is -0.377 e. The molecular weight excluding hydrogens is 100 g/mol. The smallest absolute Gasteiger partial charge is 0.0647 e. The summed E-state index contributed by atoms with van der Waals surface area (Å²) in [7, 11) is 0. The fraction of sp³-hybridized carbons (Fsp3) is 0.714. The van der Waals surface area contributed by atoms with Crippen LogP contribution < -0.4 is 0 Å². The van der Waals surface area contributed by atoms with Crippen molar-refractivity contribution in [1.29, 1.82) is 0 Å². The average molecular weight is 110 g/mol. The van der Waals surface area contributed by atoms with E-state index in [4.69, 9.17) is 4.74 Å². The van der Waals surface area contributed by atoms with Crippen LogP contribution in [0.4, 0.5) is 0 Å². The lowest BCUT2D eigenvalue weighted by Crippen LogP contribution is -1.93. The molecule has 0 N–H and O–H groups in total. The van der Waals surface area contributed by atoms with Crippen LogP contribution >= 0.6 is 0 Å². The molecule has 0 aromatic heterocycles. The molecule has 0 aromatic carbocycles. The molecule has 2 aliphatic rings. The largest absolute Gasteiger partial charge is 0.377 e. The predicted octanol–water partition coefficient (Wildman–Crippen LogP) is 1.21. The van der Waals surface area contributed by atoms with Gasteiger partial charge in [-0.15, -0.1) is 0 Å². The first-order valence-corrected chi connectivity index (χ1v) is 3.21. The molecule has 44 valence electrons. The molecular formula is C7H10O. The fourth-order valence-electron chi connectivity index (χ4n) is 1.22. The van der Waals surface area contributed by atoms with E-state index < -0.39 is 0 Å². The van der Waals surface area contributed by atoms with Crippen molar-refractivity contribution in [2.45, 2.75) is 6.42 Å². The highest BCUT2D eigenvalue weighted by atomic mass is 16.5. The SMILES string of the molecule is C1=C[C@@H]2CC2COC1. The third-order valence-electron chi connectivity index (χ3n) is 1.91. The molecule has 1 aliphatic carbocycles. The lowest BCUT2D eigenvalue weighted by Gasteiger charge is -1.93. The molecule has 2 atom stereocenters. The lowest BCUT2D eigenvalue weighted by molar-refractivity contribution is 0.153. The Hall–Kier alpha value is -0.300. The van der Waals surface area contributed by atoms with Crippen LogP contribution in [0.1, 0.15) is 6.42 Å². The van der Waals surface area contributed by atoms with Gasteiger partial charge in [-0.05, 0) is 18.3 Å². The average Bonchev–Trinajstić information content (AvgIpc) is 2.36. The van der Waals surface area contributed by atoms with Gasteiger partial charge in [-0.25, -0.2) is 0 Å². The second-order valence-electron chi connectivity index (χ2n) is 2.63. The highest BCUT2D eigenvalue weighted by Crippen LogP contribution is 2.40. The van der Waals surface area contributed by atoms with E-state index in [1.165, 1.54) is 6.42 Å². The molecule has 1 fully saturated rings. The molecule has 1 heteroatoms. The first kappa shape index (κ1) is 4.57. The van der Waals surface area contributed by atoms with Crippen molar-refractivity contribution < 1.29 is 4.74 Å². The maximum atomic E-state index is 5.26. The van der Waals surface area contributed by atoms with Crippen LogP contribution in [0.25, 0.3) is 0 Å². The number of ether oxygens (including phenoxy) is 1. The van der Waals surface area contributed by atoms with Crippen molar-refractivity contribution in [2.24, 2.45) is 11.8 Å². The monoisotopic (exact) mass is 110 g/mol. The third-order valence-corrected chi connectivity index (χ3v) is 1.91. The van der Waals surface area contributed by atoms with Gasteiger partial charge in [0.05, 0.1) is 13.2 Å². The summed E-state index contributed by atoms with van der Waals surface area (Å²) in [5, 5.41) is 0. The van der Waals surface area contributed by atoms with Crippen molar-refractivity contribution in [3.05, 3.63) is 12.2 Å². The molecule has 2 rings (SSSR count). The molecule has 0 radical (unpaired) electrons. The molecule has 1 heterocycles. The molecule has 0 bridgehead atoms. The van der Waals surface area contributed by atoms with Crippen molar-refractivity contribution in [3.8, 4) is 0 Å². The van der Waals surface area contributed by atoms with Gasteiger partial charge in [0.2, 0.25) is 0 Å². The van der Waals surface area contributed by atoms with Gasteiger partial charge < -0.3 is 4.74 Å². The van der Waals surface area contributed by atoms with Gasteiger partial charge >= 0.3 is 0 Å². The van der Waals surface area contributed by atoms with Crippen LogP contribution in [0.3, 0.4) is 0 Å². The Balaban J connectivity index is 2.03. The normalized spacial score (nSPS) is 43.0. The number of hydrogen-bond acceptors (Lipinski definition) is 1. The van der Waals surface area contributed by atoms with E-state index in [2.05, 4.69) is 12.2 Å². The summed E-state index contributed by atoms with van der Waals surface area (Å²) < 4.78 is 5.26. The van der Waals surface area contributed by atoms with Crippen molar-refractivity contribution in [1.82, 2.24) is 0 Å². The minimum absolute atomic E-state index is 0.840. The standard InChI is InChI=1S/C7H10O/c1-2-6-4-7(6)5-8-3-1/h1-2,6-7H,3-5H2/t6-,7?/m1/s1. The van der Waals surface area contributed by atoms with Crippen LogP contribution in [-0.2, 0) is 4.74 Å². The van der Waals surface area contributed by atoms with Crippen LogP contribution in [0.5, 0.6) is 0 Å². The highest BCUT2D eigenvalue weighted by molar-refractivity contribution is 5.03. The van der Waals surface area contributed by atoms with E-state index in [1.54, 1.807) is 0 Å². The Morgan fingerprint density at radius 1 is 1.50 bits per heavy atom. The van der Waals surface area contributed by atoms with E-state index in [9.17, 15) is 0 Å². The van der Waals surface area contributed by atoms with Crippen molar-refractivity contribution in [2.75, 3.05) is 13.2 Å². The van der Waals surface area contributed by atoms with Gasteiger partial charge in [-0.1, -0.05) is 12.2 Å². The number of fused-ring (bicyclic) bond motifs is 1. The van der Waals surface area contributed by atoms with Crippen molar-refractivity contribution >= 4 is 0 Å². The molecule has 0 aromatic rings. The highest BCUT2D eigenvalue weighted by Gasteiger charge is 2.35. The molecule has 1 unspecified atom stereocenters. The van der Waals surface area contributed by atoms with Gasteiger partial charge in [0.15, 0.2) is 0 Å². The van der Waals surface area contributed by atoms with Gasteiger partial charge in [0.1, 0.15) is 0 Å². The molecule has 0 saturated heterocycles. The quantitative estimate of drug-likeness (QED) is 0.426. The molecule has 0 spiro atoms. The summed E-state index contributed by atoms with van der Waals surface area (Å²) in [5.74, 6) is 1.77. The van der Waals surface area contributed by atoms with Crippen molar-refractivity contribution in [3.63, 3.8) is 0 Å². The molecule has 8 heavy (non-hydrogen) atoms. The predicted molar refractivity (Wildman–Crippen MR) is 31.6 cm³/mol. The van der Waals surface area contributed by atoms with E-state index >= 15 is 0 Å². The summed E-state index contributed by atoms with van der Waals surface area (Å²) in [5.41, 5.74) is 0. The Kier molecular flexibility index (Phi) is 0.908. The zero-order valence-electron chi connectivity index (χ0n) is 4.84. The second kappa shape index (κ2) is 1.59. The van der Waals surface area contributed by atoms with E-state index in [0.29, 0.717) is 0 Å². The third kappa shape index (κ3) is 0.671. The number of hydrogen-bond donors (Lipinski definition) is 0. The minimum atomic E-state index is 0.840. The van der Waals surface area contributed by atoms with Gasteiger partial charge in [-0.2, -0.15) is 0 Å². The van der Waals surface area contributed by atoms with E-state index in [-0.39, 0.29) is 0 Å². The molecule has 1 aliphatic heterocycles. The zero-order chi connectivity index (χ0) is 5.40. The van der Waals surface area contributed by atoms with Crippen LogP contribution in [-0.4, -0.2) is 13.2 Å². The number of allylic oxidation sites excluding steroid dienone is 1. The second-order valence-corrected chi connectivity index (χ2v) is 2.63. The lowest BCUT2D eigenvalue weighted by atomic mass is 10.3. The van der Waals surface area contributed by atoms with Crippen LogP contribution in [0, 0.1) is 11.8 Å². The Labute approximate surface area is 49.3 Å². The summed E-state index contributed by atoms with van der Waals surface area (Å²) in [6.45, 7) is 1.84. The van der Waals surface area contributed by atoms with E-state index in [1.807, 2.05) is 0 Å². The topological polar surface area (TPSA) is 9.23 Å². The van der Waals surface area contributed by atoms with Gasteiger partial charge in [-0.3, -0.25) is 0 Å². The van der Waals surface area contributed by atoms with Gasteiger partial charge in [0, 0.05) is 0 Å². The maximum Gasteiger partial charge on any atom is 0.0647 e. The van der Waals surface area contributed by atoms with Gasteiger partial charge in [0.25, 0.3) is 0 Å². The summed E-state index contributed by atoms with van der Waals surface area (Å²) in [6, 6.07) is 0. The molecule has 1 nitrogen and oxygen atoms in total. The maximum absolute atomic E-state index is 5.26. The Morgan fingerprint density at radius 2 is 2.50 bits per heavy atom. The molecule has 0 amide bonds. The number of rotatable bonds is 0. The van der Waals surface area contributed by atoms with Crippen LogP contribution in [0.2, 0.25) is 0 Å².